The van der Waals surface area contributed by atoms with Gasteiger partial charge < -0.3 is 10.5 Å². The second-order valence-electron chi connectivity index (χ2n) is 3.48. The Morgan fingerprint density at radius 1 is 1.41 bits per heavy atom. The first-order valence-corrected chi connectivity index (χ1v) is 5.25. The number of ether oxygens (including phenoxy) is 1. The summed E-state index contributed by atoms with van der Waals surface area (Å²) in [5.41, 5.74) is 6.14. The van der Waals surface area contributed by atoms with E-state index in [9.17, 15) is 4.39 Å². The summed E-state index contributed by atoms with van der Waals surface area (Å²) in [5, 5.41) is 7.72. The molecule has 0 unspecified atom stereocenters. The van der Waals surface area contributed by atoms with E-state index in [-0.39, 0.29) is 5.82 Å². The minimum Gasteiger partial charge on any atom is -0.492 e. The molecule has 1 aromatic carbocycles. The third kappa shape index (κ3) is 3.25. The summed E-state index contributed by atoms with van der Waals surface area (Å²) < 4.78 is 19.9. The van der Waals surface area contributed by atoms with Gasteiger partial charge in [-0.3, -0.25) is 0 Å². The normalized spacial score (nSPS) is 10.5. The van der Waals surface area contributed by atoms with Gasteiger partial charge in [-0.05, 0) is 12.1 Å². The molecule has 2 aromatic rings. The van der Waals surface area contributed by atoms with E-state index < -0.39 is 0 Å². The molecule has 0 saturated heterocycles. The van der Waals surface area contributed by atoms with Gasteiger partial charge in [0.15, 0.2) is 0 Å². The molecule has 0 saturated carbocycles. The summed E-state index contributed by atoms with van der Waals surface area (Å²) in [6.45, 7) is 1.31. The third-order valence-electron chi connectivity index (χ3n) is 2.18. The molecule has 0 bridgehead atoms. The third-order valence-corrected chi connectivity index (χ3v) is 2.18. The van der Waals surface area contributed by atoms with Crippen LogP contribution in [0, 0.1) is 5.82 Å². The number of rotatable bonds is 5. The van der Waals surface area contributed by atoms with Gasteiger partial charge in [0.2, 0.25) is 0 Å². The van der Waals surface area contributed by atoms with Gasteiger partial charge in [0.25, 0.3) is 0 Å². The maximum Gasteiger partial charge on any atom is 0.126 e. The van der Waals surface area contributed by atoms with Crippen LogP contribution in [0.1, 0.15) is 5.69 Å². The van der Waals surface area contributed by atoms with Gasteiger partial charge in [-0.15, -0.1) is 5.10 Å². The molecule has 1 aromatic heterocycles. The summed E-state index contributed by atoms with van der Waals surface area (Å²) in [6, 6.07) is 6.02. The van der Waals surface area contributed by atoms with Crippen LogP contribution < -0.4 is 10.5 Å². The van der Waals surface area contributed by atoms with Crippen LogP contribution in [0.25, 0.3) is 0 Å². The fourth-order valence-corrected chi connectivity index (χ4v) is 1.36. The standard InChI is InChI=1S/C11H13FN4O/c12-9-2-1-3-11(6-9)17-5-4-16-8-10(7-13)14-15-16/h1-3,6,8H,4-5,7,13H2. The molecule has 0 spiro atoms. The van der Waals surface area contributed by atoms with E-state index in [1.165, 1.54) is 12.1 Å². The van der Waals surface area contributed by atoms with Crippen molar-refractivity contribution < 1.29 is 9.13 Å². The Kier molecular flexibility index (Phi) is 3.66. The molecule has 0 aliphatic rings. The highest BCUT2D eigenvalue weighted by molar-refractivity contribution is 5.22. The Morgan fingerprint density at radius 3 is 3.00 bits per heavy atom. The zero-order valence-corrected chi connectivity index (χ0v) is 9.21. The van der Waals surface area contributed by atoms with E-state index in [0.29, 0.717) is 25.4 Å². The van der Waals surface area contributed by atoms with Crippen LogP contribution in [0.15, 0.2) is 30.5 Å². The fourth-order valence-electron chi connectivity index (χ4n) is 1.36. The first-order valence-electron chi connectivity index (χ1n) is 5.25. The summed E-state index contributed by atoms with van der Waals surface area (Å²) in [5.74, 6) is 0.192. The molecule has 2 rings (SSSR count). The highest BCUT2D eigenvalue weighted by Gasteiger charge is 1.99. The van der Waals surface area contributed by atoms with Crippen molar-refractivity contribution in [1.82, 2.24) is 15.0 Å². The van der Waals surface area contributed by atoms with Gasteiger partial charge in [-0.25, -0.2) is 9.07 Å². The molecule has 2 N–H and O–H groups in total. The van der Waals surface area contributed by atoms with Crippen molar-refractivity contribution in [2.75, 3.05) is 6.61 Å². The highest BCUT2D eigenvalue weighted by atomic mass is 19.1. The van der Waals surface area contributed by atoms with Crippen LogP contribution in [-0.4, -0.2) is 21.6 Å². The van der Waals surface area contributed by atoms with E-state index in [4.69, 9.17) is 10.5 Å². The first-order chi connectivity index (χ1) is 8.28. The minimum absolute atomic E-state index is 0.311. The SMILES string of the molecule is NCc1cn(CCOc2cccc(F)c2)nn1. The van der Waals surface area contributed by atoms with Gasteiger partial charge >= 0.3 is 0 Å². The Bertz CT molecular complexity index is 486. The van der Waals surface area contributed by atoms with Gasteiger partial charge in [-0.1, -0.05) is 11.3 Å². The highest BCUT2D eigenvalue weighted by Crippen LogP contribution is 2.11. The lowest BCUT2D eigenvalue weighted by Crippen LogP contribution is -2.08. The van der Waals surface area contributed by atoms with Crippen LogP contribution in [0.5, 0.6) is 5.75 Å². The predicted octanol–water partition coefficient (Wildman–Crippen LogP) is 0.955. The molecule has 0 aliphatic heterocycles. The van der Waals surface area contributed by atoms with Gasteiger partial charge in [0, 0.05) is 18.8 Å². The smallest absolute Gasteiger partial charge is 0.126 e. The van der Waals surface area contributed by atoms with E-state index in [2.05, 4.69) is 10.3 Å². The van der Waals surface area contributed by atoms with Crippen LogP contribution in [0.3, 0.4) is 0 Å². The van der Waals surface area contributed by atoms with Crippen molar-refractivity contribution in [3.05, 3.63) is 42.0 Å². The molecular weight excluding hydrogens is 223 g/mol. The number of aromatic nitrogens is 3. The van der Waals surface area contributed by atoms with Crippen LogP contribution in [0.4, 0.5) is 4.39 Å². The van der Waals surface area contributed by atoms with Crippen molar-refractivity contribution in [3.8, 4) is 5.75 Å². The average molecular weight is 236 g/mol. The van der Waals surface area contributed by atoms with Crippen LogP contribution in [0.2, 0.25) is 0 Å². The molecular formula is C11H13FN4O. The van der Waals surface area contributed by atoms with E-state index in [1.54, 1.807) is 23.0 Å². The molecule has 0 aliphatic carbocycles. The maximum atomic E-state index is 12.8. The monoisotopic (exact) mass is 236 g/mol. The number of nitrogens with zero attached hydrogens (tertiary/aromatic N) is 3. The lowest BCUT2D eigenvalue weighted by molar-refractivity contribution is 0.288. The Labute approximate surface area is 98.0 Å². The zero-order valence-electron chi connectivity index (χ0n) is 9.21. The number of nitrogens with two attached hydrogens (primary N) is 1. The second-order valence-corrected chi connectivity index (χ2v) is 3.48. The Hall–Kier alpha value is -1.95. The van der Waals surface area contributed by atoms with Gasteiger partial charge in [-0.2, -0.15) is 0 Å². The molecule has 90 valence electrons. The van der Waals surface area contributed by atoms with Crippen LogP contribution in [-0.2, 0) is 13.1 Å². The molecule has 0 amide bonds. The minimum atomic E-state index is -0.311. The first kappa shape index (κ1) is 11.5. The molecule has 17 heavy (non-hydrogen) atoms. The molecule has 0 radical (unpaired) electrons. The Morgan fingerprint density at radius 2 is 2.29 bits per heavy atom. The number of hydrogen-bond acceptors (Lipinski definition) is 4. The molecule has 6 heteroatoms. The lowest BCUT2D eigenvalue weighted by atomic mass is 10.3. The summed E-state index contributed by atoms with van der Waals surface area (Å²) in [4.78, 5) is 0. The van der Waals surface area contributed by atoms with Crippen molar-refractivity contribution in [2.24, 2.45) is 5.73 Å². The van der Waals surface area contributed by atoms with E-state index in [1.807, 2.05) is 0 Å². The number of halogens is 1. The van der Waals surface area contributed by atoms with Gasteiger partial charge in [0.05, 0.1) is 12.2 Å². The number of hydrogen-bond donors (Lipinski definition) is 1. The van der Waals surface area contributed by atoms with Crippen LogP contribution >= 0.6 is 0 Å². The topological polar surface area (TPSA) is 66.0 Å². The second kappa shape index (κ2) is 5.40. The molecule has 0 fully saturated rings. The molecule has 0 atom stereocenters. The fraction of sp³-hybridized carbons (Fsp3) is 0.273. The van der Waals surface area contributed by atoms with Gasteiger partial charge in [0.1, 0.15) is 18.2 Å². The largest absolute Gasteiger partial charge is 0.492 e. The Balaban J connectivity index is 1.83. The lowest BCUT2D eigenvalue weighted by Gasteiger charge is -2.05. The van der Waals surface area contributed by atoms with Crippen molar-refractivity contribution in [1.29, 1.82) is 0 Å². The average Bonchev–Trinajstić information content (AvgIpc) is 2.77. The summed E-state index contributed by atoms with van der Waals surface area (Å²) in [7, 11) is 0. The van der Waals surface area contributed by atoms with E-state index >= 15 is 0 Å². The maximum absolute atomic E-state index is 12.8. The zero-order chi connectivity index (χ0) is 12.1. The summed E-state index contributed by atoms with van der Waals surface area (Å²) >= 11 is 0. The van der Waals surface area contributed by atoms with Crippen molar-refractivity contribution in [3.63, 3.8) is 0 Å². The van der Waals surface area contributed by atoms with Crippen molar-refractivity contribution >= 4 is 0 Å². The quantitative estimate of drug-likeness (QED) is 0.839. The summed E-state index contributed by atoms with van der Waals surface area (Å²) in [6.07, 6.45) is 1.76. The predicted molar refractivity (Wildman–Crippen MR) is 59.8 cm³/mol. The molecule has 1 heterocycles. The van der Waals surface area contributed by atoms with Crippen molar-refractivity contribution in [2.45, 2.75) is 13.1 Å². The van der Waals surface area contributed by atoms with E-state index in [0.717, 1.165) is 5.69 Å². The number of benzene rings is 1. The molecule has 5 nitrogen and oxygen atoms in total.